The lowest BCUT2D eigenvalue weighted by Gasteiger charge is -2.04. The molecule has 0 saturated heterocycles. The third-order valence-electron chi connectivity index (χ3n) is 3.87. The van der Waals surface area contributed by atoms with Crippen LogP contribution >= 0.6 is 0 Å². The maximum Gasteiger partial charge on any atom is 0.291 e. The Kier molecular flexibility index (Phi) is 5.25. The molecule has 0 atom stereocenters. The number of carbonyl (C=O) groups excluding carboxylic acids is 1. The van der Waals surface area contributed by atoms with Crippen molar-refractivity contribution in [3.63, 3.8) is 0 Å². The number of unbranched alkanes of at least 4 members (excludes halogenated alkanes) is 1. The highest BCUT2D eigenvalue weighted by Gasteiger charge is 2.26. The van der Waals surface area contributed by atoms with Crippen LogP contribution in [0.2, 0.25) is 0 Å². The van der Waals surface area contributed by atoms with Gasteiger partial charge in [-0.1, -0.05) is 13.3 Å². The SMILES string of the molecule is CCCCOc1ccc(/C=N/NC(=O)c2cc(C3CC3)[nH]n2)cc1. The first-order valence-corrected chi connectivity index (χ1v) is 8.38. The van der Waals surface area contributed by atoms with Crippen molar-refractivity contribution in [2.24, 2.45) is 5.10 Å². The highest BCUT2D eigenvalue weighted by molar-refractivity contribution is 5.93. The van der Waals surface area contributed by atoms with Crippen LogP contribution in [0, 0.1) is 0 Å². The van der Waals surface area contributed by atoms with Crippen LogP contribution in [0.4, 0.5) is 0 Å². The van der Waals surface area contributed by atoms with Gasteiger partial charge < -0.3 is 4.74 Å². The lowest BCUT2D eigenvalue weighted by atomic mass is 10.2. The van der Waals surface area contributed by atoms with Gasteiger partial charge in [-0.3, -0.25) is 9.89 Å². The summed E-state index contributed by atoms with van der Waals surface area (Å²) in [5.41, 5.74) is 4.78. The fourth-order valence-electron chi connectivity index (χ4n) is 2.26. The van der Waals surface area contributed by atoms with Crippen molar-refractivity contribution in [1.29, 1.82) is 0 Å². The van der Waals surface area contributed by atoms with Gasteiger partial charge in [-0.2, -0.15) is 10.2 Å². The zero-order valence-corrected chi connectivity index (χ0v) is 13.8. The number of H-pyrrole nitrogens is 1. The first-order chi connectivity index (χ1) is 11.8. The summed E-state index contributed by atoms with van der Waals surface area (Å²) >= 11 is 0. The molecule has 2 N–H and O–H groups in total. The molecule has 126 valence electrons. The number of rotatable bonds is 8. The van der Waals surface area contributed by atoms with Gasteiger partial charge in [0.25, 0.3) is 5.91 Å². The first-order valence-electron chi connectivity index (χ1n) is 8.38. The Balaban J connectivity index is 1.48. The van der Waals surface area contributed by atoms with Crippen LogP contribution in [-0.2, 0) is 0 Å². The first kappa shape index (κ1) is 16.2. The summed E-state index contributed by atoms with van der Waals surface area (Å²) in [6.45, 7) is 2.86. The van der Waals surface area contributed by atoms with Crippen LogP contribution in [0.25, 0.3) is 0 Å². The van der Waals surface area contributed by atoms with Crippen molar-refractivity contribution in [2.45, 2.75) is 38.5 Å². The van der Waals surface area contributed by atoms with Gasteiger partial charge in [0.2, 0.25) is 0 Å². The quantitative estimate of drug-likeness (QED) is 0.444. The minimum atomic E-state index is -0.311. The third-order valence-corrected chi connectivity index (χ3v) is 3.87. The van der Waals surface area contributed by atoms with E-state index in [1.807, 2.05) is 24.3 Å². The highest BCUT2D eigenvalue weighted by atomic mass is 16.5. The molecule has 0 aliphatic heterocycles. The second kappa shape index (κ2) is 7.77. The molecule has 1 saturated carbocycles. The van der Waals surface area contributed by atoms with E-state index in [-0.39, 0.29) is 5.91 Å². The molecule has 1 aromatic heterocycles. The molecule has 1 aliphatic carbocycles. The molecule has 1 aromatic carbocycles. The number of hydrogen-bond acceptors (Lipinski definition) is 4. The molecule has 3 rings (SSSR count). The second-order valence-electron chi connectivity index (χ2n) is 5.95. The van der Waals surface area contributed by atoms with Crippen molar-refractivity contribution in [3.05, 3.63) is 47.3 Å². The molecule has 0 radical (unpaired) electrons. The van der Waals surface area contributed by atoms with Crippen molar-refractivity contribution in [1.82, 2.24) is 15.6 Å². The molecule has 2 aromatic rings. The molecule has 1 aliphatic rings. The molecule has 1 fully saturated rings. The van der Waals surface area contributed by atoms with E-state index in [4.69, 9.17) is 4.74 Å². The van der Waals surface area contributed by atoms with Gasteiger partial charge in [0.05, 0.1) is 12.8 Å². The zero-order chi connectivity index (χ0) is 16.8. The highest BCUT2D eigenvalue weighted by Crippen LogP contribution is 2.38. The van der Waals surface area contributed by atoms with Gasteiger partial charge in [0.15, 0.2) is 5.69 Å². The number of aromatic amines is 1. The lowest BCUT2D eigenvalue weighted by molar-refractivity contribution is 0.0950. The van der Waals surface area contributed by atoms with Crippen molar-refractivity contribution >= 4 is 12.1 Å². The monoisotopic (exact) mass is 326 g/mol. The molecular formula is C18H22N4O2. The van der Waals surface area contributed by atoms with E-state index >= 15 is 0 Å². The van der Waals surface area contributed by atoms with Crippen LogP contribution in [0.1, 0.15) is 60.3 Å². The van der Waals surface area contributed by atoms with Crippen LogP contribution in [0.3, 0.4) is 0 Å². The number of hydrazone groups is 1. The fourth-order valence-corrected chi connectivity index (χ4v) is 2.26. The van der Waals surface area contributed by atoms with E-state index < -0.39 is 0 Å². The third kappa shape index (κ3) is 4.44. The van der Waals surface area contributed by atoms with Crippen molar-refractivity contribution in [3.8, 4) is 5.75 Å². The minimum absolute atomic E-state index is 0.311. The van der Waals surface area contributed by atoms with Crippen molar-refractivity contribution < 1.29 is 9.53 Å². The van der Waals surface area contributed by atoms with Crippen LogP contribution < -0.4 is 10.2 Å². The van der Waals surface area contributed by atoms with E-state index in [1.54, 1.807) is 12.3 Å². The van der Waals surface area contributed by atoms with Gasteiger partial charge >= 0.3 is 0 Å². The smallest absolute Gasteiger partial charge is 0.291 e. The zero-order valence-electron chi connectivity index (χ0n) is 13.8. The van der Waals surface area contributed by atoms with E-state index in [1.165, 1.54) is 12.8 Å². The van der Waals surface area contributed by atoms with Gasteiger partial charge in [-0.25, -0.2) is 5.43 Å². The molecule has 6 nitrogen and oxygen atoms in total. The van der Waals surface area contributed by atoms with E-state index in [0.29, 0.717) is 11.6 Å². The van der Waals surface area contributed by atoms with Crippen LogP contribution in [0.15, 0.2) is 35.4 Å². The molecule has 0 bridgehead atoms. The van der Waals surface area contributed by atoms with Gasteiger partial charge in [-0.05, 0) is 55.2 Å². The average Bonchev–Trinajstić information content (AvgIpc) is 3.33. The van der Waals surface area contributed by atoms with E-state index in [9.17, 15) is 4.79 Å². The molecule has 0 unspecified atom stereocenters. The average molecular weight is 326 g/mol. The number of hydrogen-bond donors (Lipinski definition) is 2. The topological polar surface area (TPSA) is 79.4 Å². The minimum Gasteiger partial charge on any atom is -0.494 e. The number of benzene rings is 1. The largest absolute Gasteiger partial charge is 0.494 e. The summed E-state index contributed by atoms with van der Waals surface area (Å²) in [5, 5.41) is 10.9. The van der Waals surface area contributed by atoms with E-state index in [2.05, 4.69) is 27.6 Å². The summed E-state index contributed by atoms with van der Waals surface area (Å²) in [7, 11) is 0. The molecule has 24 heavy (non-hydrogen) atoms. The summed E-state index contributed by atoms with van der Waals surface area (Å²) < 4.78 is 5.60. The number of amides is 1. The van der Waals surface area contributed by atoms with E-state index in [0.717, 1.165) is 36.5 Å². The van der Waals surface area contributed by atoms with Gasteiger partial charge in [0.1, 0.15) is 5.75 Å². The number of aromatic nitrogens is 2. The normalized spacial score (nSPS) is 14.0. The fraction of sp³-hybridized carbons (Fsp3) is 0.389. The summed E-state index contributed by atoms with van der Waals surface area (Å²) in [4.78, 5) is 12.0. The maximum atomic E-state index is 12.0. The summed E-state index contributed by atoms with van der Waals surface area (Å²) in [6, 6.07) is 9.39. The lowest BCUT2D eigenvalue weighted by Crippen LogP contribution is -2.18. The Hall–Kier alpha value is -2.63. The predicted molar refractivity (Wildman–Crippen MR) is 92.5 cm³/mol. The van der Waals surface area contributed by atoms with Crippen molar-refractivity contribution in [2.75, 3.05) is 6.61 Å². The van der Waals surface area contributed by atoms with Gasteiger partial charge in [0, 0.05) is 11.6 Å². The standard InChI is InChI=1S/C18H22N4O2/c1-2-3-10-24-15-8-4-13(5-9-15)12-19-22-18(23)17-11-16(20-21-17)14-6-7-14/h4-5,8-9,11-12,14H,2-3,6-7,10H2,1H3,(H,20,21)(H,22,23)/b19-12+. The number of carbonyl (C=O) groups is 1. The Bertz CT molecular complexity index is 702. The van der Waals surface area contributed by atoms with Gasteiger partial charge in [-0.15, -0.1) is 0 Å². The number of ether oxygens (including phenoxy) is 1. The molecule has 6 heteroatoms. The molecule has 1 amide bonds. The molecule has 0 spiro atoms. The second-order valence-corrected chi connectivity index (χ2v) is 5.95. The van der Waals surface area contributed by atoms with Crippen LogP contribution in [-0.4, -0.2) is 28.9 Å². The number of nitrogens with zero attached hydrogens (tertiary/aromatic N) is 2. The number of nitrogens with one attached hydrogen (secondary N) is 2. The Morgan fingerprint density at radius 1 is 1.42 bits per heavy atom. The Labute approximate surface area is 141 Å². The maximum absolute atomic E-state index is 12.0. The summed E-state index contributed by atoms with van der Waals surface area (Å²) in [6.07, 6.45) is 6.09. The Morgan fingerprint density at radius 2 is 2.21 bits per heavy atom. The van der Waals surface area contributed by atoms with Crippen LogP contribution in [0.5, 0.6) is 5.75 Å². The Morgan fingerprint density at radius 3 is 2.92 bits per heavy atom. The summed E-state index contributed by atoms with van der Waals surface area (Å²) in [5.74, 6) is 1.07. The molecular weight excluding hydrogens is 304 g/mol. The molecule has 1 heterocycles. The predicted octanol–water partition coefficient (Wildman–Crippen LogP) is 3.23.